The maximum absolute atomic E-state index is 12.7. The molecule has 2 amide bonds. The number of hydrogen-bond acceptors (Lipinski definition) is 11. The highest BCUT2D eigenvalue weighted by Crippen LogP contribution is 2.32. The third-order valence-corrected chi connectivity index (χ3v) is 6.62. The van der Waals surface area contributed by atoms with Crippen molar-refractivity contribution in [2.45, 2.75) is 59.4 Å². The van der Waals surface area contributed by atoms with Gasteiger partial charge in [0.05, 0.1) is 30.7 Å². The number of nitrogens with zero attached hydrogens (tertiary/aromatic N) is 6. The van der Waals surface area contributed by atoms with Crippen LogP contribution in [0.5, 0.6) is 5.75 Å². The predicted molar refractivity (Wildman–Crippen MR) is 159 cm³/mol. The Kier molecular flexibility index (Phi) is 9.82. The maximum atomic E-state index is 12.7. The van der Waals surface area contributed by atoms with Crippen LogP contribution < -0.4 is 19.9 Å². The molecule has 2 aliphatic rings. The summed E-state index contributed by atoms with van der Waals surface area (Å²) < 4.78 is 22.6. The molecule has 230 valence electrons. The fraction of sp³-hybridized carbons (Fsp3) is 0.607. The Balaban J connectivity index is 1.52. The van der Waals surface area contributed by atoms with Crippen LogP contribution in [0.15, 0.2) is 18.6 Å². The molecule has 0 saturated carbocycles. The summed E-state index contributed by atoms with van der Waals surface area (Å²) in [7, 11) is 0. The minimum Gasteiger partial charge on any atom is -0.485 e. The molecule has 2 aromatic rings. The molecule has 0 bridgehead atoms. The fourth-order valence-electron chi connectivity index (χ4n) is 4.38. The highest BCUT2D eigenvalue weighted by molar-refractivity contribution is 6.30. The van der Waals surface area contributed by atoms with Crippen LogP contribution in [0.3, 0.4) is 0 Å². The minimum atomic E-state index is -0.694. The molecule has 2 aliphatic heterocycles. The molecular weight excluding hydrogens is 566 g/mol. The summed E-state index contributed by atoms with van der Waals surface area (Å²) in [5, 5.41) is 3.08. The van der Waals surface area contributed by atoms with Crippen molar-refractivity contribution in [2.24, 2.45) is 0 Å². The number of amides is 2. The number of piperazine rings is 1. The van der Waals surface area contributed by atoms with Gasteiger partial charge in [0.25, 0.3) is 0 Å². The lowest BCUT2D eigenvalue weighted by atomic mass is 10.2. The first kappa shape index (κ1) is 31.4. The van der Waals surface area contributed by atoms with E-state index in [9.17, 15) is 9.59 Å². The first-order chi connectivity index (χ1) is 19.8. The molecule has 13 nitrogen and oxygen atoms in total. The van der Waals surface area contributed by atoms with E-state index < -0.39 is 17.3 Å². The van der Waals surface area contributed by atoms with E-state index in [4.69, 9.17) is 30.5 Å². The summed E-state index contributed by atoms with van der Waals surface area (Å²) in [6.07, 6.45) is 2.00. The molecule has 0 atom stereocenters. The van der Waals surface area contributed by atoms with Gasteiger partial charge in [0.2, 0.25) is 0 Å². The van der Waals surface area contributed by atoms with Crippen LogP contribution in [0.4, 0.5) is 26.9 Å². The highest BCUT2D eigenvalue weighted by atomic mass is 35.5. The lowest BCUT2D eigenvalue weighted by Crippen LogP contribution is -2.50. The Morgan fingerprint density at radius 1 is 0.929 bits per heavy atom. The van der Waals surface area contributed by atoms with Gasteiger partial charge in [-0.2, -0.15) is 0 Å². The first-order valence-electron chi connectivity index (χ1n) is 14.0. The smallest absolute Gasteiger partial charge is 0.412 e. The van der Waals surface area contributed by atoms with Crippen molar-refractivity contribution in [1.29, 1.82) is 0 Å². The van der Waals surface area contributed by atoms with Gasteiger partial charge in [-0.1, -0.05) is 11.6 Å². The van der Waals surface area contributed by atoms with Gasteiger partial charge < -0.3 is 33.6 Å². The summed E-state index contributed by atoms with van der Waals surface area (Å²) in [6.45, 7) is 15.5. The number of carbonyl (C=O) groups is 2. The molecule has 4 rings (SSSR count). The summed E-state index contributed by atoms with van der Waals surface area (Å²) in [5.41, 5.74) is -0.260. The monoisotopic (exact) mass is 605 g/mol. The van der Waals surface area contributed by atoms with E-state index in [0.717, 1.165) is 0 Å². The number of aromatic nitrogens is 3. The van der Waals surface area contributed by atoms with E-state index in [-0.39, 0.29) is 17.9 Å². The van der Waals surface area contributed by atoms with Gasteiger partial charge in [0.1, 0.15) is 40.9 Å². The molecule has 4 heterocycles. The lowest BCUT2D eigenvalue weighted by Gasteiger charge is -2.36. The molecule has 42 heavy (non-hydrogen) atoms. The van der Waals surface area contributed by atoms with Crippen molar-refractivity contribution < 1.29 is 28.5 Å². The standard InChI is InChI=1S/C28H40ClN7O6/c1-27(2,3)41-25(37)33-20-15-22(34-7-9-36(10-8-34)26(38)42-28(4,5)6)30-16-21(20)40-17-19-23(29)31-18-32-24(19)35-11-13-39-14-12-35/h15-16,18H,7-14,17H2,1-6H3,(H,30,33,37). The quantitative estimate of drug-likeness (QED) is 0.471. The number of nitrogens with one attached hydrogen (secondary N) is 1. The zero-order valence-electron chi connectivity index (χ0n) is 25.1. The van der Waals surface area contributed by atoms with Gasteiger partial charge in [-0.05, 0) is 41.5 Å². The van der Waals surface area contributed by atoms with E-state index >= 15 is 0 Å². The SMILES string of the molecule is CC(C)(C)OC(=O)Nc1cc(N2CCN(C(=O)OC(C)(C)C)CC2)ncc1OCc1c(Cl)ncnc1N1CCOCC1. The number of rotatable bonds is 6. The van der Waals surface area contributed by atoms with Gasteiger partial charge in [0.15, 0.2) is 5.75 Å². The normalized spacial score (nSPS) is 16.2. The maximum Gasteiger partial charge on any atom is 0.412 e. The summed E-state index contributed by atoms with van der Waals surface area (Å²) >= 11 is 6.47. The predicted octanol–water partition coefficient (Wildman–Crippen LogP) is 4.34. The number of hydrogen-bond donors (Lipinski definition) is 1. The van der Waals surface area contributed by atoms with Crippen LogP contribution in [-0.4, -0.2) is 95.7 Å². The second-order valence-electron chi connectivity index (χ2n) is 12.0. The third kappa shape index (κ3) is 8.71. The average Bonchev–Trinajstić information content (AvgIpc) is 2.91. The highest BCUT2D eigenvalue weighted by Gasteiger charge is 2.27. The van der Waals surface area contributed by atoms with Crippen LogP contribution in [0.25, 0.3) is 0 Å². The van der Waals surface area contributed by atoms with Crippen molar-refractivity contribution >= 4 is 41.1 Å². The first-order valence-corrected chi connectivity index (χ1v) is 14.3. The zero-order chi connectivity index (χ0) is 30.5. The molecule has 14 heteroatoms. The Morgan fingerprint density at radius 2 is 1.60 bits per heavy atom. The van der Waals surface area contributed by atoms with E-state index in [1.54, 1.807) is 37.9 Å². The Morgan fingerprint density at radius 3 is 2.24 bits per heavy atom. The topological polar surface area (TPSA) is 131 Å². The van der Waals surface area contributed by atoms with E-state index in [0.29, 0.717) is 81.1 Å². The molecule has 0 radical (unpaired) electrons. The van der Waals surface area contributed by atoms with Gasteiger partial charge in [-0.3, -0.25) is 5.32 Å². The van der Waals surface area contributed by atoms with E-state index in [1.165, 1.54) is 6.33 Å². The molecule has 0 spiro atoms. The van der Waals surface area contributed by atoms with Crippen LogP contribution in [-0.2, 0) is 20.8 Å². The molecule has 0 aromatic carbocycles. The number of ether oxygens (including phenoxy) is 4. The van der Waals surface area contributed by atoms with Crippen molar-refractivity contribution in [1.82, 2.24) is 19.9 Å². The number of anilines is 3. The molecule has 0 aliphatic carbocycles. The fourth-order valence-corrected chi connectivity index (χ4v) is 4.56. The van der Waals surface area contributed by atoms with Crippen LogP contribution in [0, 0.1) is 0 Å². The Labute approximate surface area is 251 Å². The summed E-state index contributed by atoms with van der Waals surface area (Å²) in [6, 6.07) is 1.73. The van der Waals surface area contributed by atoms with Gasteiger partial charge in [0, 0.05) is 45.3 Å². The van der Waals surface area contributed by atoms with E-state index in [1.807, 2.05) is 25.7 Å². The third-order valence-electron chi connectivity index (χ3n) is 6.30. The molecule has 2 aromatic heterocycles. The summed E-state index contributed by atoms with van der Waals surface area (Å²) in [4.78, 5) is 44.2. The van der Waals surface area contributed by atoms with Crippen LogP contribution >= 0.6 is 11.6 Å². The second-order valence-corrected chi connectivity index (χ2v) is 12.3. The largest absolute Gasteiger partial charge is 0.485 e. The number of carbonyl (C=O) groups excluding carboxylic acids is 2. The van der Waals surface area contributed by atoms with Crippen molar-refractivity contribution in [3.05, 3.63) is 29.3 Å². The van der Waals surface area contributed by atoms with Crippen LogP contribution in [0.1, 0.15) is 47.1 Å². The van der Waals surface area contributed by atoms with Crippen molar-refractivity contribution in [3.63, 3.8) is 0 Å². The van der Waals surface area contributed by atoms with Gasteiger partial charge in [-0.15, -0.1) is 0 Å². The van der Waals surface area contributed by atoms with Crippen molar-refractivity contribution in [2.75, 3.05) is 67.6 Å². The number of halogens is 1. The second kappa shape index (κ2) is 13.2. The number of pyridine rings is 1. The summed E-state index contributed by atoms with van der Waals surface area (Å²) in [5.74, 6) is 1.62. The number of morpholine rings is 1. The molecular formula is C28H40ClN7O6. The van der Waals surface area contributed by atoms with Gasteiger partial charge in [-0.25, -0.2) is 24.5 Å². The zero-order valence-corrected chi connectivity index (χ0v) is 25.9. The average molecular weight is 606 g/mol. The van der Waals surface area contributed by atoms with Crippen LogP contribution in [0.2, 0.25) is 5.15 Å². The van der Waals surface area contributed by atoms with E-state index in [2.05, 4.69) is 25.2 Å². The lowest BCUT2D eigenvalue weighted by molar-refractivity contribution is 0.0240. The molecule has 2 saturated heterocycles. The minimum absolute atomic E-state index is 0.0466. The molecule has 0 unspecified atom stereocenters. The Bertz CT molecular complexity index is 1250. The van der Waals surface area contributed by atoms with Crippen molar-refractivity contribution in [3.8, 4) is 5.75 Å². The van der Waals surface area contributed by atoms with Gasteiger partial charge >= 0.3 is 12.2 Å². The molecule has 1 N–H and O–H groups in total. The molecule has 2 fully saturated rings. The Hall–Kier alpha value is -3.58.